The molecule has 2 saturated heterocycles. The fourth-order valence-corrected chi connectivity index (χ4v) is 3.40. The number of benzene rings is 1. The van der Waals surface area contributed by atoms with E-state index in [1.165, 1.54) is 31.6 Å². The number of carbonyl (C=O) groups is 1. The molecule has 20 heavy (non-hydrogen) atoms. The Morgan fingerprint density at radius 2 is 1.75 bits per heavy atom. The van der Waals surface area contributed by atoms with Crippen LogP contribution in [0.15, 0.2) is 30.3 Å². The summed E-state index contributed by atoms with van der Waals surface area (Å²) < 4.78 is 0. The molecule has 3 rings (SSSR count). The smallest absolute Gasteiger partial charge is 0.135 e. The van der Waals surface area contributed by atoms with Gasteiger partial charge in [-0.25, -0.2) is 0 Å². The van der Waals surface area contributed by atoms with Gasteiger partial charge in [0.05, 0.1) is 0 Å². The molecular formula is C17H24N2O. The second-order valence-corrected chi connectivity index (χ2v) is 6.21. The highest BCUT2D eigenvalue weighted by molar-refractivity contribution is 5.79. The minimum Gasteiger partial charge on any atom is -0.302 e. The maximum absolute atomic E-state index is 11.3. The summed E-state index contributed by atoms with van der Waals surface area (Å²) in [5.41, 5.74) is 1.41. The molecular weight excluding hydrogens is 248 g/mol. The molecule has 2 fully saturated rings. The highest BCUT2D eigenvalue weighted by atomic mass is 16.1. The Labute approximate surface area is 121 Å². The first-order valence-corrected chi connectivity index (χ1v) is 7.80. The molecule has 1 aromatic carbocycles. The summed E-state index contributed by atoms with van der Waals surface area (Å²) in [6.45, 7) is 6.64. The Morgan fingerprint density at radius 3 is 2.50 bits per heavy atom. The van der Waals surface area contributed by atoms with Gasteiger partial charge >= 0.3 is 0 Å². The van der Waals surface area contributed by atoms with Crippen LogP contribution in [0.4, 0.5) is 0 Å². The molecule has 3 nitrogen and oxygen atoms in total. The summed E-state index contributed by atoms with van der Waals surface area (Å²) in [5, 5.41) is 0. The number of likely N-dealkylation sites (tertiary alicyclic amines) is 2. The molecule has 0 amide bonds. The van der Waals surface area contributed by atoms with Crippen molar-refractivity contribution in [3.63, 3.8) is 0 Å². The molecule has 2 aliphatic heterocycles. The molecule has 0 radical (unpaired) electrons. The Bertz CT molecular complexity index is 436. The van der Waals surface area contributed by atoms with Crippen LogP contribution in [0.5, 0.6) is 0 Å². The molecule has 0 N–H and O–H groups in total. The van der Waals surface area contributed by atoms with Crippen molar-refractivity contribution in [1.82, 2.24) is 9.80 Å². The average Bonchev–Trinajstić information content (AvgIpc) is 2.90. The first-order valence-electron chi connectivity index (χ1n) is 7.80. The fourth-order valence-electron chi connectivity index (χ4n) is 3.40. The molecule has 0 aromatic heterocycles. The Hall–Kier alpha value is -1.19. The van der Waals surface area contributed by atoms with Crippen LogP contribution < -0.4 is 0 Å². The maximum atomic E-state index is 11.3. The van der Waals surface area contributed by atoms with Gasteiger partial charge in [-0.15, -0.1) is 0 Å². The van der Waals surface area contributed by atoms with Gasteiger partial charge in [0.15, 0.2) is 0 Å². The first kappa shape index (κ1) is 13.8. The minimum absolute atomic E-state index is 0.443. The van der Waals surface area contributed by atoms with Gasteiger partial charge in [0.25, 0.3) is 0 Å². The molecule has 1 aromatic rings. The minimum atomic E-state index is 0.443. The van der Waals surface area contributed by atoms with Gasteiger partial charge in [0.1, 0.15) is 5.78 Å². The Kier molecular flexibility index (Phi) is 4.48. The zero-order valence-electron chi connectivity index (χ0n) is 12.1. The molecule has 1 atom stereocenters. The van der Waals surface area contributed by atoms with E-state index < -0.39 is 0 Å². The van der Waals surface area contributed by atoms with E-state index in [4.69, 9.17) is 0 Å². The van der Waals surface area contributed by atoms with E-state index in [9.17, 15) is 4.79 Å². The van der Waals surface area contributed by atoms with Crippen molar-refractivity contribution in [2.45, 2.75) is 25.8 Å². The van der Waals surface area contributed by atoms with Crippen molar-refractivity contribution in [2.24, 2.45) is 5.92 Å². The van der Waals surface area contributed by atoms with E-state index >= 15 is 0 Å². The maximum Gasteiger partial charge on any atom is 0.135 e. The van der Waals surface area contributed by atoms with Crippen LogP contribution in [0.2, 0.25) is 0 Å². The van der Waals surface area contributed by atoms with E-state index in [-0.39, 0.29) is 0 Å². The third-order valence-corrected chi connectivity index (χ3v) is 4.55. The summed E-state index contributed by atoms with van der Waals surface area (Å²) in [7, 11) is 0. The molecule has 2 aliphatic rings. The number of hydrogen-bond acceptors (Lipinski definition) is 3. The first-order chi connectivity index (χ1) is 9.79. The highest BCUT2D eigenvalue weighted by Gasteiger charge is 2.25. The molecule has 3 heteroatoms. The normalized spacial score (nSPS) is 25.2. The lowest BCUT2D eigenvalue weighted by atomic mass is 10.1. The van der Waals surface area contributed by atoms with E-state index in [1.807, 2.05) is 0 Å². The van der Waals surface area contributed by atoms with Crippen molar-refractivity contribution in [1.29, 1.82) is 0 Å². The lowest BCUT2D eigenvalue weighted by Gasteiger charge is -2.28. The Balaban J connectivity index is 1.44. The molecule has 0 unspecified atom stereocenters. The lowest BCUT2D eigenvalue weighted by Crippen LogP contribution is -2.37. The van der Waals surface area contributed by atoms with Gasteiger partial charge in [-0.3, -0.25) is 9.69 Å². The van der Waals surface area contributed by atoms with Crippen LogP contribution in [0.3, 0.4) is 0 Å². The summed E-state index contributed by atoms with van der Waals surface area (Å²) >= 11 is 0. The fraction of sp³-hybridized carbons (Fsp3) is 0.588. The van der Waals surface area contributed by atoms with Gasteiger partial charge < -0.3 is 4.90 Å². The zero-order chi connectivity index (χ0) is 13.8. The molecule has 0 bridgehead atoms. The molecule has 0 spiro atoms. The predicted octanol–water partition coefficient (Wildman–Crippen LogP) is 2.17. The Morgan fingerprint density at radius 1 is 1.00 bits per heavy atom. The van der Waals surface area contributed by atoms with Crippen molar-refractivity contribution in [3.8, 4) is 0 Å². The number of hydrogen-bond donors (Lipinski definition) is 0. The summed E-state index contributed by atoms with van der Waals surface area (Å²) in [5.74, 6) is 1.23. The van der Waals surface area contributed by atoms with Gasteiger partial charge in [0, 0.05) is 45.6 Å². The monoisotopic (exact) mass is 272 g/mol. The molecule has 108 valence electrons. The summed E-state index contributed by atoms with van der Waals surface area (Å²) in [6.07, 6.45) is 2.83. The number of Topliss-reactive ketones (excluding diaryl/α,β-unsaturated/α-hetero) is 1. The summed E-state index contributed by atoms with van der Waals surface area (Å²) in [6, 6.07) is 10.7. The van der Waals surface area contributed by atoms with Gasteiger partial charge in [-0.1, -0.05) is 30.3 Å². The third kappa shape index (κ3) is 3.68. The standard InChI is InChI=1S/C17H24N2O/c20-17-7-10-18(11-8-17)13-16-6-9-19(14-16)12-15-4-2-1-3-5-15/h1-5,16H,6-14H2/t16-/m0/s1. The van der Waals surface area contributed by atoms with Crippen LogP contribution in [-0.2, 0) is 11.3 Å². The van der Waals surface area contributed by atoms with E-state index in [1.54, 1.807) is 0 Å². The van der Waals surface area contributed by atoms with E-state index in [0.717, 1.165) is 38.4 Å². The second kappa shape index (κ2) is 6.51. The van der Waals surface area contributed by atoms with Gasteiger partial charge in [-0.2, -0.15) is 0 Å². The number of piperidine rings is 1. The molecule has 0 aliphatic carbocycles. The van der Waals surface area contributed by atoms with E-state index in [2.05, 4.69) is 40.1 Å². The summed E-state index contributed by atoms with van der Waals surface area (Å²) in [4.78, 5) is 16.3. The van der Waals surface area contributed by atoms with Crippen molar-refractivity contribution in [2.75, 3.05) is 32.7 Å². The van der Waals surface area contributed by atoms with Crippen LogP contribution in [0, 0.1) is 5.92 Å². The van der Waals surface area contributed by atoms with Gasteiger partial charge in [-0.05, 0) is 24.4 Å². The third-order valence-electron chi connectivity index (χ3n) is 4.55. The van der Waals surface area contributed by atoms with Gasteiger partial charge in [0.2, 0.25) is 0 Å². The highest BCUT2D eigenvalue weighted by Crippen LogP contribution is 2.20. The largest absolute Gasteiger partial charge is 0.302 e. The van der Waals surface area contributed by atoms with Crippen LogP contribution in [-0.4, -0.2) is 48.3 Å². The number of nitrogens with zero attached hydrogens (tertiary/aromatic N) is 2. The molecule has 0 saturated carbocycles. The van der Waals surface area contributed by atoms with Crippen molar-refractivity contribution < 1.29 is 4.79 Å². The SMILES string of the molecule is O=C1CCN(C[C@@H]2CCN(Cc3ccccc3)C2)CC1. The average molecular weight is 272 g/mol. The zero-order valence-corrected chi connectivity index (χ0v) is 12.1. The van der Waals surface area contributed by atoms with Crippen LogP contribution in [0.1, 0.15) is 24.8 Å². The quantitative estimate of drug-likeness (QED) is 0.839. The van der Waals surface area contributed by atoms with E-state index in [0.29, 0.717) is 5.78 Å². The van der Waals surface area contributed by atoms with Crippen molar-refractivity contribution in [3.05, 3.63) is 35.9 Å². The second-order valence-electron chi connectivity index (χ2n) is 6.21. The topological polar surface area (TPSA) is 23.6 Å². The lowest BCUT2D eigenvalue weighted by molar-refractivity contribution is -0.121. The van der Waals surface area contributed by atoms with Crippen molar-refractivity contribution >= 4 is 5.78 Å². The number of ketones is 1. The predicted molar refractivity (Wildman–Crippen MR) is 80.5 cm³/mol. The number of carbonyl (C=O) groups excluding carboxylic acids is 1. The number of rotatable bonds is 4. The molecule has 2 heterocycles. The van der Waals surface area contributed by atoms with Crippen LogP contribution in [0.25, 0.3) is 0 Å². The van der Waals surface area contributed by atoms with Crippen LogP contribution >= 0.6 is 0 Å².